The van der Waals surface area contributed by atoms with Crippen molar-refractivity contribution >= 4 is 15.9 Å². The molecule has 0 aromatic heterocycles. The summed E-state index contributed by atoms with van der Waals surface area (Å²) in [5.74, 6) is -0.733. The molecule has 2 aromatic rings. The van der Waals surface area contributed by atoms with Crippen LogP contribution < -0.4 is 10.1 Å². The molecular formula is C19H19F3N2O4S. The summed E-state index contributed by atoms with van der Waals surface area (Å²) in [6, 6.07) is 10.5. The second kappa shape index (κ2) is 8.03. The summed E-state index contributed by atoms with van der Waals surface area (Å²) in [5, 5.41) is 2.51. The molecule has 29 heavy (non-hydrogen) atoms. The van der Waals surface area contributed by atoms with Gasteiger partial charge in [0.15, 0.2) is 0 Å². The maximum Gasteiger partial charge on any atom is 0.573 e. The molecule has 1 amide bonds. The lowest BCUT2D eigenvalue weighted by molar-refractivity contribution is -0.274. The van der Waals surface area contributed by atoms with E-state index in [0.717, 1.165) is 24.3 Å². The summed E-state index contributed by atoms with van der Waals surface area (Å²) < 4.78 is 68.1. The van der Waals surface area contributed by atoms with E-state index in [0.29, 0.717) is 24.0 Å². The molecule has 0 unspecified atom stereocenters. The van der Waals surface area contributed by atoms with Crippen LogP contribution in [0.15, 0.2) is 53.4 Å². The molecule has 0 bridgehead atoms. The fourth-order valence-corrected chi connectivity index (χ4v) is 4.48. The number of benzene rings is 2. The number of rotatable bonds is 7. The fraction of sp³-hybridized carbons (Fsp3) is 0.316. The quantitative estimate of drug-likeness (QED) is 0.734. The van der Waals surface area contributed by atoms with Crippen molar-refractivity contribution in [3.63, 3.8) is 0 Å². The third-order valence-corrected chi connectivity index (χ3v) is 6.31. The van der Waals surface area contributed by atoms with Crippen molar-refractivity contribution in [2.24, 2.45) is 0 Å². The zero-order valence-corrected chi connectivity index (χ0v) is 16.3. The van der Waals surface area contributed by atoms with Gasteiger partial charge in [0, 0.05) is 25.2 Å². The molecule has 0 heterocycles. The van der Waals surface area contributed by atoms with E-state index in [1.807, 2.05) is 0 Å². The fourth-order valence-electron chi connectivity index (χ4n) is 2.81. The predicted octanol–water partition coefficient (Wildman–Crippen LogP) is 3.30. The average Bonchev–Trinajstić information content (AvgIpc) is 3.50. The highest BCUT2D eigenvalue weighted by atomic mass is 32.2. The Morgan fingerprint density at radius 1 is 1.10 bits per heavy atom. The van der Waals surface area contributed by atoms with Crippen molar-refractivity contribution in [2.45, 2.75) is 36.7 Å². The molecule has 3 rings (SSSR count). The van der Waals surface area contributed by atoms with Crippen LogP contribution in [0, 0.1) is 0 Å². The highest BCUT2D eigenvalue weighted by Gasteiger charge is 2.38. The standard InChI is InChI=1S/C19H19F3N2O4S/c1-23-18(25)14-4-2-13(3-5-14)12-24(15-6-7-15)29(26,27)17-10-8-16(9-11-17)28-19(20,21)22/h2-5,8-11,15H,6-7,12H2,1H3,(H,23,25). The number of nitrogens with zero attached hydrogens (tertiary/aromatic N) is 1. The van der Waals surface area contributed by atoms with Crippen LogP contribution >= 0.6 is 0 Å². The highest BCUT2D eigenvalue weighted by molar-refractivity contribution is 7.89. The monoisotopic (exact) mass is 428 g/mol. The Hall–Kier alpha value is -2.59. The zero-order chi connectivity index (χ0) is 21.2. The van der Waals surface area contributed by atoms with Crippen LogP contribution in [0.5, 0.6) is 5.75 Å². The summed E-state index contributed by atoms with van der Waals surface area (Å²) >= 11 is 0. The van der Waals surface area contributed by atoms with Crippen LogP contribution in [0.25, 0.3) is 0 Å². The van der Waals surface area contributed by atoms with Crippen molar-refractivity contribution in [3.05, 3.63) is 59.7 Å². The van der Waals surface area contributed by atoms with Crippen LogP contribution in [0.3, 0.4) is 0 Å². The van der Waals surface area contributed by atoms with E-state index in [2.05, 4.69) is 10.1 Å². The Labute approximate surface area is 166 Å². The first-order valence-corrected chi connectivity index (χ1v) is 10.2. The topological polar surface area (TPSA) is 75.7 Å². The number of carbonyl (C=O) groups excluding carboxylic acids is 1. The van der Waals surface area contributed by atoms with Crippen molar-refractivity contribution in [2.75, 3.05) is 7.05 Å². The first kappa shape index (κ1) is 21.1. The van der Waals surface area contributed by atoms with Gasteiger partial charge >= 0.3 is 6.36 Å². The van der Waals surface area contributed by atoms with E-state index >= 15 is 0 Å². The summed E-state index contributed by atoms with van der Waals surface area (Å²) in [4.78, 5) is 11.5. The van der Waals surface area contributed by atoms with E-state index in [9.17, 15) is 26.4 Å². The first-order chi connectivity index (χ1) is 13.6. The van der Waals surface area contributed by atoms with Gasteiger partial charge in [0.05, 0.1) is 4.90 Å². The molecule has 2 aromatic carbocycles. The van der Waals surface area contributed by atoms with Gasteiger partial charge in [-0.25, -0.2) is 8.42 Å². The largest absolute Gasteiger partial charge is 0.573 e. The number of alkyl halides is 3. The van der Waals surface area contributed by atoms with Gasteiger partial charge in [-0.2, -0.15) is 4.31 Å². The van der Waals surface area contributed by atoms with Gasteiger partial charge in [-0.15, -0.1) is 13.2 Å². The Balaban J connectivity index is 1.80. The molecule has 0 spiro atoms. The van der Waals surface area contributed by atoms with Gasteiger partial charge in [0.2, 0.25) is 10.0 Å². The second-order valence-electron chi connectivity index (χ2n) is 6.58. The molecule has 0 atom stereocenters. The lowest BCUT2D eigenvalue weighted by Gasteiger charge is -2.22. The number of amides is 1. The molecule has 0 aliphatic heterocycles. The lowest BCUT2D eigenvalue weighted by Crippen LogP contribution is -2.32. The molecule has 6 nitrogen and oxygen atoms in total. The number of ether oxygens (including phenoxy) is 1. The number of hydrogen-bond acceptors (Lipinski definition) is 4. The smallest absolute Gasteiger partial charge is 0.406 e. The van der Waals surface area contributed by atoms with E-state index in [4.69, 9.17) is 0 Å². The molecule has 1 saturated carbocycles. The molecule has 156 valence electrons. The minimum Gasteiger partial charge on any atom is -0.406 e. The van der Waals surface area contributed by atoms with Crippen LogP contribution in [-0.2, 0) is 16.6 Å². The third kappa shape index (κ3) is 5.27. The Kier molecular flexibility index (Phi) is 5.85. The van der Waals surface area contributed by atoms with E-state index in [1.54, 1.807) is 24.3 Å². The molecule has 10 heteroatoms. The van der Waals surface area contributed by atoms with E-state index in [-0.39, 0.29) is 23.4 Å². The molecular weight excluding hydrogens is 409 g/mol. The average molecular weight is 428 g/mol. The molecule has 0 radical (unpaired) electrons. The van der Waals surface area contributed by atoms with E-state index in [1.165, 1.54) is 11.4 Å². The SMILES string of the molecule is CNC(=O)c1ccc(CN(C2CC2)S(=O)(=O)c2ccc(OC(F)(F)F)cc2)cc1. The van der Waals surface area contributed by atoms with Crippen molar-refractivity contribution in [1.29, 1.82) is 0 Å². The maximum atomic E-state index is 13.0. The van der Waals surface area contributed by atoms with Crippen LogP contribution in [0.2, 0.25) is 0 Å². The number of nitrogens with one attached hydrogen (secondary N) is 1. The Morgan fingerprint density at radius 3 is 2.17 bits per heavy atom. The van der Waals surface area contributed by atoms with Gasteiger partial charge in [-0.3, -0.25) is 4.79 Å². The van der Waals surface area contributed by atoms with Crippen LogP contribution in [0.4, 0.5) is 13.2 Å². The first-order valence-electron chi connectivity index (χ1n) is 8.79. The normalized spacial score (nSPS) is 14.7. The maximum absolute atomic E-state index is 13.0. The number of halogens is 3. The van der Waals surface area contributed by atoms with Crippen LogP contribution in [-0.4, -0.2) is 38.1 Å². The van der Waals surface area contributed by atoms with Crippen molar-refractivity contribution in [3.8, 4) is 5.75 Å². The summed E-state index contributed by atoms with van der Waals surface area (Å²) in [7, 11) is -2.39. The van der Waals surface area contributed by atoms with Gasteiger partial charge in [-0.1, -0.05) is 12.1 Å². The minimum atomic E-state index is -4.85. The van der Waals surface area contributed by atoms with Gasteiger partial charge in [-0.05, 0) is 54.8 Å². The number of hydrogen-bond donors (Lipinski definition) is 1. The molecule has 1 aliphatic rings. The zero-order valence-electron chi connectivity index (χ0n) is 15.4. The Bertz CT molecular complexity index is 970. The molecule has 1 aliphatic carbocycles. The van der Waals surface area contributed by atoms with Crippen molar-refractivity contribution < 1.29 is 31.1 Å². The number of carbonyl (C=O) groups is 1. The summed E-state index contributed by atoms with van der Waals surface area (Å²) in [6.07, 6.45) is -3.42. The summed E-state index contributed by atoms with van der Waals surface area (Å²) in [5.41, 5.74) is 1.16. The Morgan fingerprint density at radius 2 is 1.69 bits per heavy atom. The van der Waals surface area contributed by atoms with Gasteiger partial charge < -0.3 is 10.1 Å². The van der Waals surface area contributed by atoms with Gasteiger partial charge in [0.25, 0.3) is 5.91 Å². The summed E-state index contributed by atoms with van der Waals surface area (Å²) in [6.45, 7) is 0.0990. The highest BCUT2D eigenvalue weighted by Crippen LogP contribution is 2.34. The minimum absolute atomic E-state index is 0.0990. The lowest BCUT2D eigenvalue weighted by atomic mass is 10.1. The molecule has 1 fully saturated rings. The number of sulfonamides is 1. The second-order valence-corrected chi connectivity index (χ2v) is 8.47. The predicted molar refractivity (Wildman–Crippen MR) is 98.7 cm³/mol. The van der Waals surface area contributed by atoms with Crippen molar-refractivity contribution in [1.82, 2.24) is 9.62 Å². The van der Waals surface area contributed by atoms with Gasteiger partial charge in [0.1, 0.15) is 5.75 Å². The van der Waals surface area contributed by atoms with Crippen LogP contribution in [0.1, 0.15) is 28.8 Å². The molecule has 1 N–H and O–H groups in total. The van der Waals surface area contributed by atoms with E-state index < -0.39 is 22.1 Å². The molecule has 0 saturated heterocycles. The third-order valence-electron chi connectivity index (χ3n) is 4.40.